The van der Waals surface area contributed by atoms with E-state index in [4.69, 9.17) is 4.42 Å². The van der Waals surface area contributed by atoms with Crippen molar-refractivity contribution in [2.45, 2.75) is 6.92 Å². The molecule has 0 unspecified atom stereocenters. The van der Waals surface area contributed by atoms with E-state index in [1.165, 1.54) is 0 Å². The maximum atomic E-state index is 12.6. The number of benzene rings is 2. The lowest BCUT2D eigenvalue weighted by Gasteiger charge is -2.05. The van der Waals surface area contributed by atoms with Gasteiger partial charge in [-0.15, -0.1) is 0 Å². The number of aryl methyl sites for hydroxylation is 1. The Morgan fingerprint density at radius 3 is 3.00 bits per heavy atom. The zero-order valence-electron chi connectivity index (χ0n) is 11.9. The number of anilines is 1. The molecule has 0 bridgehead atoms. The van der Waals surface area contributed by atoms with Gasteiger partial charge in [0.15, 0.2) is 0 Å². The molecule has 0 radical (unpaired) electrons. The van der Waals surface area contributed by atoms with Crippen molar-refractivity contribution in [3.63, 3.8) is 0 Å². The number of nitrogens with zero attached hydrogens (tertiary/aromatic N) is 1. The van der Waals surface area contributed by atoms with Gasteiger partial charge in [-0.05, 0) is 31.2 Å². The number of para-hydroxylation sites is 1. The molecule has 2 heterocycles. The Hall–Kier alpha value is -3.08. The van der Waals surface area contributed by atoms with Crippen molar-refractivity contribution in [1.29, 1.82) is 0 Å². The van der Waals surface area contributed by atoms with Crippen LogP contribution in [0.3, 0.4) is 0 Å². The van der Waals surface area contributed by atoms with Crippen LogP contribution in [-0.4, -0.2) is 16.1 Å². The van der Waals surface area contributed by atoms with E-state index < -0.39 is 0 Å². The topological polar surface area (TPSA) is 70.9 Å². The summed E-state index contributed by atoms with van der Waals surface area (Å²) >= 11 is 0. The molecule has 5 heteroatoms. The Morgan fingerprint density at radius 1 is 1.23 bits per heavy atom. The molecule has 5 nitrogen and oxygen atoms in total. The third-order valence-corrected chi connectivity index (χ3v) is 3.70. The van der Waals surface area contributed by atoms with Crippen LogP contribution >= 0.6 is 0 Å². The minimum atomic E-state index is -0.179. The van der Waals surface area contributed by atoms with Gasteiger partial charge in [0.05, 0.1) is 17.3 Å². The largest absolute Gasteiger partial charge is 0.461 e. The monoisotopic (exact) mass is 291 g/mol. The molecule has 0 aliphatic heterocycles. The van der Waals surface area contributed by atoms with Gasteiger partial charge in [-0.1, -0.05) is 18.2 Å². The van der Waals surface area contributed by atoms with Crippen LogP contribution in [-0.2, 0) is 0 Å². The molecule has 4 rings (SSSR count). The average molecular weight is 291 g/mol. The van der Waals surface area contributed by atoms with Crippen molar-refractivity contribution in [3.8, 4) is 0 Å². The van der Waals surface area contributed by atoms with Crippen molar-refractivity contribution in [2.24, 2.45) is 0 Å². The maximum Gasteiger partial charge on any atom is 0.259 e. The van der Waals surface area contributed by atoms with E-state index in [-0.39, 0.29) is 5.91 Å². The molecule has 0 atom stereocenters. The molecular formula is C17H13N3O2. The van der Waals surface area contributed by atoms with Crippen LogP contribution in [0.2, 0.25) is 0 Å². The van der Waals surface area contributed by atoms with Gasteiger partial charge in [0.2, 0.25) is 0 Å². The summed E-state index contributed by atoms with van der Waals surface area (Å²) in [5.74, 6) is 0.433. The van der Waals surface area contributed by atoms with Crippen LogP contribution in [0, 0.1) is 6.92 Å². The number of H-pyrrole nitrogens is 1. The first-order valence-corrected chi connectivity index (χ1v) is 6.95. The first kappa shape index (κ1) is 12.6. The van der Waals surface area contributed by atoms with Crippen LogP contribution < -0.4 is 5.32 Å². The SMILES string of the molecule is Cc1oc2ccccc2c1C(=O)Nc1ccc2cn[nH]c2c1. The molecule has 0 aliphatic rings. The number of nitrogens with one attached hydrogen (secondary N) is 2. The fraction of sp³-hybridized carbons (Fsp3) is 0.0588. The van der Waals surface area contributed by atoms with Gasteiger partial charge in [-0.25, -0.2) is 0 Å². The Morgan fingerprint density at radius 2 is 2.09 bits per heavy atom. The van der Waals surface area contributed by atoms with Crippen LogP contribution in [0.15, 0.2) is 53.1 Å². The maximum absolute atomic E-state index is 12.6. The summed E-state index contributed by atoms with van der Waals surface area (Å²) in [5, 5.41) is 11.6. The minimum absolute atomic E-state index is 0.179. The Balaban J connectivity index is 1.72. The smallest absolute Gasteiger partial charge is 0.259 e. The molecule has 0 fully saturated rings. The summed E-state index contributed by atoms with van der Waals surface area (Å²) in [7, 11) is 0. The number of fused-ring (bicyclic) bond motifs is 2. The molecule has 0 aliphatic carbocycles. The van der Waals surface area contributed by atoms with E-state index in [1.807, 2.05) is 42.5 Å². The van der Waals surface area contributed by atoms with Crippen LogP contribution in [0.5, 0.6) is 0 Å². The fourth-order valence-electron chi connectivity index (χ4n) is 2.66. The van der Waals surface area contributed by atoms with Gasteiger partial charge < -0.3 is 9.73 Å². The van der Waals surface area contributed by atoms with Gasteiger partial charge in [0.25, 0.3) is 5.91 Å². The number of carbonyl (C=O) groups is 1. The molecule has 2 N–H and O–H groups in total. The Kier molecular flexibility index (Phi) is 2.72. The van der Waals surface area contributed by atoms with Crippen LogP contribution in [0.25, 0.3) is 21.9 Å². The van der Waals surface area contributed by atoms with Gasteiger partial charge in [-0.3, -0.25) is 9.89 Å². The van der Waals surface area contributed by atoms with Crippen molar-refractivity contribution in [3.05, 3.63) is 60.0 Å². The number of hydrogen-bond donors (Lipinski definition) is 2. The quantitative estimate of drug-likeness (QED) is 0.589. The molecule has 4 aromatic rings. The van der Waals surface area contributed by atoms with Crippen LogP contribution in [0.4, 0.5) is 5.69 Å². The molecule has 0 saturated heterocycles. The predicted molar refractivity (Wildman–Crippen MR) is 85.0 cm³/mol. The highest BCUT2D eigenvalue weighted by Crippen LogP contribution is 2.26. The summed E-state index contributed by atoms with van der Waals surface area (Å²) in [5.41, 5.74) is 2.88. The normalized spacial score (nSPS) is 11.1. The van der Waals surface area contributed by atoms with E-state index in [2.05, 4.69) is 15.5 Å². The van der Waals surface area contributed by atoms with Crippen molar-refractivity contribution < 1.29 is 9.21 Å². The van der Waals surface area contributed by atoms with E-state index in [0.717, 1.165) is 16.3 Å². The molecule has 1 amide bonds. The van der Waals surface area contributed by atoms with Crippen molar-refractivity contribution in [1.82, 2.24) is 10.2 Å². The first-order valence-electron chi connectivity index (χ1n) is 6.95. The number of amides is 1. The molecule has 2 aromatic carbocycles. The third kappa shape index (κ3) is 1.95. The van der Waals surface area contributed by atoms with E-state index >= 15 is 0 Å². The number of aromatic amines is 1. The highest BCUT2D eigenvalue weighted by atomic mass is 16.3. The van der Waals surface area contributed by atoms with Gasteiger partial charge in [0, 0.05) is 16.5 Å². The number of hydrogen-bond acceptors (Lipinski definition) is 3. The summed E-state index contributed by atoms with van der Waals surface area (Å²) < 4.78 is 5.64. The molecule has 22 heavy (non-hydrogen) atoms. The zero-order valence-corrected chi connectivity index (χ0v) is 11.9. The summed E-state index contributed by atoms with van der Waals surface area (Å²) in [6.45, 7) is 1.80. The average Bonchev–Trinajstić information content (AvgIpc) is 3.09. The lowest BCUT2D eigenvalue weighted by molar-refractivity contribution is 0.102. The van der Waals surface area contributed by atoms with E-state index in [1.54, 1.807) is 13.1 Å². The standard InChI is InChI=1S/C17H13N3O2/c1-10-16(13-4-2-3-5-15(13)22-10)17(21)19-12-7-6-11-9-18-20-14(11)8-12/h2-9H,1H3,(H,18,20)(H,19,21). The number of carbonyl (C=O) groups excluding carboxylic acids is 1. The number of aromatic nitrogens is 2. The van der Waals surface area contributed by atoms with Gasteiger partial charge in [0.1, 0.15) is 11.3 Å². The lowest BCUT2D eigenvalue weighted by atomic mass is 10.1. The highest BCUT2D eigenvalue weighted by molar-refractivity contribution is 6.13. The second kappa shape index (κ2) is 4.73. The lowest BCUT2D eigenvalue weighted by Crippen LogP contribution is -2.12. The number of rotatable bonds is 2. The molecule has 0 spiro atoms. The third-order valence-electron chi connectivity index (χ3n) is 3.70. The minimum Gasteiger partial charge on any atom is -0.461 e. The van der Waals surface area contributed by atoms with Crippen molar-refractivity contribution >= 4 is 33.5 Å². The van der Waals surface area contributed by atoms with Gasteiger partial charge >= 0.3 is 0 Å². The first-order chi connectivity index (χ1) is 10.7. The highest BCUT2D eigenvalue weighted by Gasteiger charge is 2.18. The van der Waals surface area contributed by atoms with E-state index in [0.29, 0.717) is 22.6 Å². The van der Waals surface area contributed by atoms with E-state index in [9.17, 15) is 4.79 Å². The predicted octanol–water partition coefficient (Wildman–Crippen LogP) is 3.87. The zero-order chi connectivity index (χ0) is 15.1. The Labute approximate surface area is 125 Å². The second-order valence-electron chi connectivity index (χ2n) is 5.16. The summed E-state index contributed by atoms with van der Waals surface area (Å²) in [6, 6.07) is 13.2. The second-order valence-corrected chi connectivity index (χ2v) is 5.16. The fourth-order valence-corrected chi connectivity index (χ4v) is 2.66. The summed E-state index contributed by atoms with van der Waals surface area (Å²) in [6.07, 6.45) is 1.74. The molecule has 108 valence electrons. The molecule has 2 aromatic heterocycles. The summed E-state index contributed by atoms with van der Waals surface area (Å²) in [4.78, 5) is 12.6. The van der Waals surface area contributed by atoms with Crippen molar-refractivity contribution in [2.75, 3.05) is 5.32 Å². The Bertz CT molecular complexity index is 997. The molecular weight excluding hydrogens is 278 g/mol. The van der Waals surface area contributed by atoms with Gasteiger partial charge in [-0.2, -0.15) is 5.10 Å². The molecule has 0 saturated carbocycles. The number of furan rings is 1. The van der Waals surface area contributed by atoms with Crippen LogP contribution in [0.1, 0.15) is 16.1 Å².